The molecule has 0 aliphatic carbocycles. The molecule has 0 aliphatic heterocycles. The highest BCUT2D eigenvalue weighted by atomic mass is 16.5. The quantitative estimate of drug-likeness (QED) is 0.748. The van der Waals surface area contributed by atoms with E-state index in [0.29, 0.717) is 13.0 Å². The predicted molar refractivity (Wildman–Crippen MR) is 71.6 cm³/mol. The van der Waals surface area contributed by atoms with Gasteiger partial charge in [0.15, 0.2) is 0 Å². The van der Waals surface area contributed by atoms with Crippen LogP contribution in [0.25, 0.3) is 0 Å². The first-order valence-electron chi connectivity index (χ1n) is 6.04. The number of benzene rings is 1. The van der Waals surface area contributed by atoms with Crippen molar-refractivity contribution in [2.24, 2.45) is 0 Å². The smallest absolute Gasteiger partial charge is 0.119 e. The van der Waals surface area contributed by atoms with Crippen LogP contribution < -0.4 is 4.74 Å². The molecule has 1 rings (SSSR count). The Kier molecular flexibility index (Phi) is 8.37. The van der Waals surface area contributed by atoms with Crippen LogP contribution in [0.5, 0.6) is 5.75 Å². The molecule has 18 heavy (non-hydrogen) atoms. The molecule has 0 fully saturated rings. The van der Waals surface area contributed by atoms with Gasteiger partial charge >= 0.3 is 0 Å². The molecule has 3 N–H and O–H groups in total. The van der Waals surface area contributed by atoms with E-state index in [9.17, 15) is 0 Å². The lowest BCUT2D eigenvalue weighted by Gasteiger charge is -2.17. The van der Waals surface area contributed by atoms with Crippen LogP contribution in [0.15, 0.2) is 30.3 Å². The maximum Gasteiger partial charge on any atom is 0.119 e. The first-order valence-corrected chi connectivity index (χ1v) is 6.04. The van der Waals surface area contributed by atoms with Gasteiger partial charge in [0.2, 0.25) is 0 Å². The van der Waals surface area contributed by atoms with Gasteiger partial charge in [0, 0.05) is 6.42 Å². The highest BCUT2D eigenvalue weighted by Gasteiger charge is 2.14. The summed E-state index contributed by atoms with van der Waals surface area (Å²) < 4.78 is 5.11. The Morgan fingerprint density at radius 2 is 1.78 bits per heavy atom. The molecule has 1 aromatic rings. The molecule has 0 spiro atoms. The molecule has 1 aromatic carbocycles. The number of aliphatic hydroxyl groups excluding tert-OH is 2. The van der Waals surface area contributed by atoms with Gasteiger partial charge in [0.05, 0.1) is 18.3 Å². The number of hydrogen-bond donors (Lipinski definition) is 3. The van der Waals surface area contributed by atoms with Crippen LogP contribution in [-0.4, -0.2) is 40.2 Å². The number of rotatable bonds is 5. The summed E-state index contributed by atoms with van der Waals surface area (Å²) in [6, 6.07) is 9.43. The van der Waals surface area contributed by atoms with Gasteiger partial charge < -0.3 is 20.1 Å². The van der Waals surface area contributed by atoms with Crippen molar-refractivity contribution in [2.45, 2.75) is 38.9 Å². The minimum Gasteiger partial charge on any atom is -0.491 e. The van der Waals surface area contributed by atoms with E-state index in [1.165, 1.54) is 0 Å². The average molecular weight is 256 g/mol. The predicted octanol–water partition coefficient (Wildman–Crippen LogP) is 1.59. The minimum atomic E-state index is -0.728. The van der Waals surface area contributed by atoms with Crippen molar-refractivity contribution in [2.75, 3.05) is 13.2 Å². The topological polar surface area (TPSA) is 69.9 Å². The molecule has 4 nitrogen and oxygen atoms in total. The van der Waals surface area contributed by atoms with Crippen LogP contribution in [0.3, 0.4) is 0 Å². The van der Waals surface area contributed by atoms with E-state index >= 15 is 0 Å². The fourth-order valence-electron chi connectivity index (χ4n) is 1.40. The molecule has 104 valence electrons. The Balaban J connectivity index is 0.000000331. The third-order valence-electron chi connectivity index (χ3n) is 1.90. The lowest BCUT2D eigenvalue weighted by Crippen LogP contribution is -2.24. The first-order chi connectivity index (χ1) is 8.35. The fraction of sp³-hybridized carbons (Fsp3) is 0.571. The molecule has 0 aromatic heterocycles. The van der Waals surface area contributed by atoms with E-state index < -0.39 is 11.7 Å². The summed E-state index contributed by atoms with van der Waals surface area (Å²) in [7, 11) is 0. The molecular formula is C14H24O4. The molecule has 0 aliphatic rings. The van der Waals surface area contributed by atoms with Crippen molar-refractivity contribution in [3.63, 3.8) is 0 Å². The lowest BCUT2D eigenvalue weighted by molar-refractivity contribution is 0.0249. The fourth-order valence-corrected chi connectivity index (χ4v) is 1.40. The maximum atomic E-state index is 9.03. The van der Waals surface area contributed by atoms with Gasteiger partial charge in [-0.15, -0.1) is 0 Å². The Morgan fingerprint density at radius 1 is 1.22 bits per heavy atom. The van der Waals surface area contributed by atoms with Gasteiger partial charge in [-0.1, -0.05) is 18.2 Å². The molecule has 0 radical (unpaired) electrons. The number of para-hydroxylation sites is 1. The van der Waals surface area contributed by atoms with Crippen LogP contribution >= 0.6 is 0 Å². The SMILES string of the molecule is CC(O)CC(C)(C)O.OCCOc1ccccc1. The third kappa shape index (κ3) is 11.4. The monoisotopic (exact) mass is 256 g/mol. The molecule has 0 saturated carbocycles. The molecule has 0 saturated heterocycles. The van der Waals surface area contributed by atoms with Gasteiger partial charge in [0.25, 0.3) is 0 Å². The second-order valence-electron chi connectivity index (χ2n) is 4.75. The minimum absolute atomic E-state index is 0.0644. The van der Waals surface area contributed by atoms with Crippen LogP contribution in [0.4, 0.5) is 0 Å². The van der Waals surface area contributed by atoms with Crippen molar-refractivity contribution in [3.8, 4) is 5.75 Å². The first kappa shape index (κ1) is 16.9. The normalized spacial score (nSPS) is 12.3. The van der Waals surface area contributed by atoms with E-state index in [4.69, 9.17) is 20.1 Å². The van der Waals surface area contributed by atoms with Crippen LogP contribution in [0.2, 0.25) is 0 Å². The number of ether oxygens (including phenoxy) is 1. The summed E-state index contributed by atoms with van der Waals surface area (Å²) in [5, 5.41) is 26.2. The zero-order chi connectivity index (χ0) is 14.0. The van der Waals surface area contributed by atoms with Crippen molar-refractivity contribution in [3.05, 3.63) is 30.3 Å². The van der Waals surface area contributed by atoms with E-state index in [1.807, 2.05) is 30.3 Å². The van der Waals surface area contributed by atoms with Gasteiger partial charge in [-0.05, 0) is 32.9 Å². The van der Waals surface area contributed by atoms with Gasteiger partial charge in [-0.25, -0.2) is 0 Å². The van der Waals surface area contributed by atoms with Crippen LogP contribution in [0.1, 0.15) is 27.2 Å². The second kappa shape index (κ2) is 8.91. The lowest BCUT2D eigenvalue weighted by atomic mass is 10.0. The zero-order valence-electron chi connectivity index (χ0n) is 11.3. The molecule has 4 heteroatoms. The van der Waals surface area contributed by atoms with Crippen LogP contribution in [-0.2, 0) is 0 Å². The maximum absolute atomic E-state index is 9.03. The van der Waals surface area contributed by atoms with E-state index in [2.05, 4.69) is 0 Å². The van der Waals surface area contributed by atoms with Crippen LogP contribution in [0, 0.1) is 0 Å². The summed E-state index contributed by atoms with van der Waals surface area (Å²) >= 11 is 0. The Morgan fingerprint density at radius 3 is 2.11 bits per heavy atom. The molecule has 0 heterocycles. The molecule has 1 unspecified atom stereocenters. The Labute approximate surface area is 109 Å². The summed E-state index contributed by atoms with van der Waals surface area (Å²) in [5.41, 5.74) is -0.728. The summed E-state index contributed by atoms with van der Waals surface area (Å²) in [4.78, 5) is 0. The van der Waals surface area contributed by atoms with Gasteiger partial charge in [-0.2, -0.15) is 0 Å². The summed E-state index contributed by atoms with van der Waals surface area (Å²) in [6.45, 7) is 5.45. The Hall–Kier alpha value is -1.10. The average Bonchev–Trinajstić information content (AvgIpc) is 2.25. The highest BCUT2D eigenvalue weighted by Crippen LogP contribution is 2.09. The van der Waals surface area contributed by atoms with Gasteiger partial charge in [-0.3, -0.25) is 0 Å². The van der Waals surface area contributed by atoms with E-state index in [1.54, 1.807) is 20.8 Å². The highest BCUT2D eigenvalue weighted by molar-refractivity contribution is 5.20. The summed E-state index contributed by atoms with van der Waals surface area (Å²) in [6.07, 6.45) is 0.0301. The van der Waals surface area contributed by atoms with Gasteiger partial charge in [0.1, 0.15) is 12.4 Å². The Bertz CT molecular complexity index is 290. The molecule has 1 atom stereocenters. The van der Waals surface area contributed by atoms with Crippen molar-refractivity contribution < 1.29 is 20.1 Å². The third-order valence-corrected chi connectivity index (χ3v) is 1.90. The zero-order valence-corrected chi connectivity index (χ0v) is 11.3. The van der Waals surface area contributed by atoms with Crippen molar-refractivity contribution in [1.82, 2.24) is 0 Å². The molecule has 0 amide bonds. The van der Waals surface area contributed by atoms with Crippen molar-refractivity contribution >= 4 is 0 Å². The second-order valence-corrected chi connectivity index (χ2v) is 4.75. The number of hydrogen-bond acceptors (Lipinski definition) is 4. The van der Waals surface area contributed by atoms with E-state index in [-0.39, 0.29) is 6.61 Å². The number of aliphatic hydroxyl groups is 3. The van der Waals surface area contributed by atoms with E-state index in [0.717, 1.165) is 5.75 Å². The summed E-state index contributed by atoms with van der Waals surface area (Å²) in [5.74, 6) is 0.802. The van der Waals surface area contributed by atoms with Crippen molar-refractivity contribution in [1.29, 1.82) is 0 Å². The molecule has 0 bridgehead atoms. The largest absolute Gasteiger partial charge is 0.491 e. The molecular weight excluding hydrogens is 232 g/mol. The standard InChI is InChI=1S/C8H10O2.C6H14O2/c9-6-7-10-8-4-2-1-3-5-8;1-5(7)4-6(2,3)8/h1-5,9H,6-7H2;5,7-8H,4H2,1-3H3.